The van der Waals surface area contributed by atoms with Gasteiger partial charge in [-0.25, -0.2) is 21.1 Å². The maximum Gasteiger partial charge on any atom is 0.242 e. The molecule has 1 N–H and O–H groups in total. The number of sulfonamides is 1. The van der Waals surface area contributed by atoms with Crippen LogP contribution in [0, 0.1) is 5.92 Å². The molecule has 1 fully saturated rings. The van der Waals surface area contributed by atoms with Crippen molar-refractivity contribution in [3.63, 3.8) is 0 Å². The molecule has 1 amide bonds. The van der Waals surface area contributed by atoms with Gasteiger partial charge in [0.05, 0.1) is 16.4 Å². The molecule has 1 aliphatic heterocycles. The fourth-order valence-electron chi connectivity index (χ4n) is 2.45. The highest BCUT2D eigenvalue weighted by Gasteiger charge is 2.29. The molecule has 0 radical (unpaired) electrons. The molecule has 1 aromatic carbocycles. The van der Waals surface area contributed by atoms with Crippen LogP contribution in [0.25, 0.3) is 0 Å². The summed E-state index contributed by atoms with van der Waals surface area (Å²) in [5, 5.41) is 2.63. The number of hydrogen-bond acceptors (Lipinski definition) is 5. The minimum absolute atomic E-state index is 0.0372. The Morgan fingerprint density at radius 1 is 1.35 bits per heavy atom. The number of nitrogens with one attached hydrogen (secondary N) is 1. The van der Waals surface area contributed by atoms with Crippen LogP contribution in [-0.2, 0) is 24.7 Å². The number of sulfone groups is 1. The molecular formula is C14H20N2O5S2. The molecule has 0 aromatic heterocycles. The lowest BCUT2D eigenvalue weighted by molar-refractivity contribution is -0.116. The number of anilines is 1. The second kappa shape index (κ2) is 6.58. The van der Waals surface area contributed by atoms with Crippen molar-refractivity contribution in [2.24, 2.45) is 5.92 Å². The van der Waals surface area contributed by atoms with E-state index in [9.17, 15) is 21.6 Å². The molecule has 0 unspecified atom stereocenters. The number of hydrogen-bond donors (Lipinski definition) is 1. The number of nitrogens with zero attached hydrogens (tertiary/aromatic N) is 1. The molecule has 0 saturated carbocycles. The van der Waals surface area contributed by atoms with E-state index < -0.39 is 19.9 Å². The van der Waals surface area contributed by atoms with E-state index in [0.717, 1.165) is 4.31 Å². The number of carbonyl (C=O) groups is 1. The van der Waals surface area contributed by atoms with Gasteiger partial charge in [0, 0.05) is 26.2 Å². The van der Waals surface area contributed by atoms with E-state index in [4.69, 9.17) is 0 Å². The predicted molar refractivity (Wildman–Crippen MR) is 87.3 cm³/mol. The Labute approximate surface area is 136 Å². The Morgan fingerprint density at radius 2 is 2.04 bits per heavy atom. The topological polar surface area (TPSA) is 101 Å². The fraction of sp³-hybridized carbons (Fsp3) is 0.500. The van der Waals surface area contributed by atoms with Crippen LogP contribution >= 0.6 is 0 Å². The van der Waals surface area contributed by atoms with Gasteiger partial charge < -0.3 is 5.32 Å². The Kier molecular flexibility index (Phi) is 5.12. The van der Waals surface area contributed by atoms with Gasteiger partial charge in [-0.1, -0.05) is 6.07 Å². The lowest BCUT2D eigenvalue weighted by Crippen LogP contribution is -2.22. The van der Waals surface area contributed by atoms with Gasteiger partial charge in [0.1, 0.15) is 0 Å². The van der Waals surface area contributed by atoms with E-state index in [1.807, 2.05) is 0 Å². The van der Waals surface area contributed by atoms with Crippen LogP contribution in [0.1, 0.15) is 12.8 Å². The summed E-state index contributed by atoms with van der Waals surface area (Å²) in [5.74, 6) is -0.322. The molecule has 7 nitrogen and oxygen atoms in total. The van der Waals surface area contributed by atoms with Crippen molar-refractivity contribution >= 4 is 31.5 Å². The van der Waals surface area contributed by atoms with E-state index in [-0.39, 0.29) is 34.6 Å². The minimum atomic E-state index is -3.57. The van der Waals surface area contributed by atoms with Crippen LogP contribution in [0.4, 0.5) is 5.69 Å². The fourth-order valence-corrected chi connectivity index (χ4v) is 5.26. The van der Waals surface area contributed by atoms with Crippen molar-refractivity contribution in [2.45, 2.75) is 17.7 Å². The highest BCUT2D eigenvalue weighted by Crippen LogP contribution is 2.23. The van der Waals surface area contributed by atoms with E-state index in [1.54, 1.807) is 12.1 Å². The van der Waals surface area contributed by atoms with Crippen LogP contribution in [0.3, 0.4) is 0 Å². The summed E-state index contributed by atoms with van der Waals surface area (Å²) in [6.45, 7) is 0. The highest BCUT2D eigenvalue weighted by atomic mass is 32.2. The lowest BCUT2D eigenvalue weighted by Gasteiger charge is -2.13. The molecule has 1 heterocycles. The normalized spacial score (nSPS) is 20.6. The molecule has 9 heteroatoms. The lowest BCUT2D eigenvalue weighted by atomic mass is 10.1. The average Bonchev–Trinajstić information content (AvgIpc) is 2.77. The standard InChI is InChI=1S/C14H20N2O5S2/c1-16(2)23(20,21)13-5-3-4-12(9-13)15-14(17)8-11-6-7-22(18,19)10-11/h3-5,9,11H,6-8,10H2,1-2H3,(H,15,17)/t11-/m0/s1. The zero-order chi connectivity index (χ0) is 17.3. The molecule has 128 valence electrons. The molecule has 0 spiro atoms. The van der Waals surface area contributed by atoms with Gasteiger partial charge in [-0.05, 0) is 30.5 Å². The second-order valence-corrected chi connectivity index (χ2v) is 10.2. The van der Waals surface area contributed by atoms with Gasteiger partial charge >= 0.3 is 0 Å². The van der Waals surface area contributed by atoms with Crippen LogP contribution in [0.15, 0.2) is 29.2 Å². The van der Waals surface area contributed by atoms with Gasteiger partial charge in [0.25, 0.3) is 0 Å². The third kappa shape index (κ3) is 4.52. The third-order valence-electron chi connectivity index (χ3n) is 3.70. The largest absolute Gasteiger partial charge is 0.326 e. The molecule has 2 rings (SSSR count). The summed E-state index contributed by atoms with van der Waals surface area (Å²) in [4.78, 5) is 12.1. The molecule has 23 heavy (non-hydrogen) atoms. The first-order valence-electron chi connectivity index (χ1n) is 7.13. The van der Waals surface area contributed by atoms with Gasteiger partial charge in [-0.3, -0.25) is 4.79 Å². The quantitative estimate of drug-likeness (QED) is 0.833. The number of rotatable bonds is 5. The van der Waals surface area contributed by atoms with Gasteiger partial charge in [0.15, 0.2) is 9.84 Å². The highest BCUT2D eigenvalue weighted by molar-refractivity contribution is 7.91. The monoisotopic (exact) mass is 360 g/mol. The van der Waals surface area contributed by atoms with Gasteiger partial charge in [-0.15, -0.1) is 0 Å². The summed E-state index contributed by atoms with van der Waals surface area (Å²) in [6.07, 6.45) is 0.606. The first kappa shape index (κ1) is 17.9. The Bertz CT molecular complexity index is 800. The molecule has 1 aromatic rings. The molecule has 0 aliphatic carbocycles. The third-order valence-corrected chi connectivity index (χ3v) is 7.35. The Morgan fingerprint density at radius 3 is 2.61 bits per heavy atom. The van der Waals surface area contributed by atoms with Crippen LogP contribution in [0.2, 0.25) is 0 Å². The van der Waals surface area contributed by atoms with Crippen molar-refractivity contribution in [2.75, 3.05) is 30.9 Å². The summed E-state index contributed by atoms with van der Waals surface area (Å²) < 4.78 is 48.0. The van der Waals surface area contributed by atoms with Crippen LogP contribution in [0.5, 0.6) is 0 Å². The van der Waals surface area contributed by atoms with Crippen molar-refractivity contribution in [1.82, 2.24) is 4.31 Å². The first-order chi connectivity index (χ1) is 10.6. The molecular weight excluding hydrogens is 340 g/mol. The maximum absolute atomic E-state index is 12.1. The summed E-state index contributed by atoms with van der Waals surface area (Å²) >= 11 is 0. The minimum Gasteiger partial charge on any atom is -0.326 e. The zero-order valence-electron chi connectivity index (χ0n) is 13.0. The van der Waals surface area contributed by atoms with Crippen molar-refractivity contribution in [1.29, 1.82) is 0 Å². The smallest absolute Gasteiger partial charge is 0.242 e. The van der Waals surface area contributed by atoms with Crippen molar-refractivity contribution in [3.8, 4) is 0 Å². The van der Waals surface area contributed by atoms with E-state index in [2.05, 4.69) is 5.32 Å². The average molecular weight is 360 g/mol. The zero-order valence-corrected chi connectivity index (χ0v) is 14.7. The van der Waals surface area contributed by atoms with E-state index >= 15 is 0 Å². The molecule has 0 bridgehead atoms. The Balaban J connectivity index is 2.05. The Hall–Kier alpha value is -1.45. The summed E-state index contributed by atoms with van der Waals surface area (Å²) in [5.41, 5.74) is 0.374. The van der Waals surface area contributed by atoms with Crippen LogP contribution in [-0.4, -0.2) is 52.6 Å². The number of benzene rings is 1. The van der Waals surface area contributed by atoms with Gasteiger partial charge in [0.2, 0.25) is 15.9 Å². The molecule has 1 aliphatic rings. The second-order valence-electron chi connectivity index (χ2n) is 5.84. The summed E-state index contributed by atoms with van der Waals surface area (Å²) in [7, 11) is -3.72. The number of amides is 1. The predicted octanol–water partition coefficient (Wildman–Crippen LogP) is 0.700. The van der Waals surface area contributed by atoms with Crippen molar-refractivity contribution in [3.05, 3.63) is 24.3 Å². The SMILES string of the molecule is CN(C)S(=O)(=O)c1cccc(NC(=O)C[C@@H]2CCS(=O)(=O)C2)c1. The van der Waals surface area contributed by atoms with Crippen LogP contribution < -0.4 is 5.32 Å². The number of carbonyl (C=O) groups excluding carboxylic acids is 1. The van der Waals surface area contributed by atoms with Gasteiger partial charge in [-0.2, -0.15) is 0 Å². The summed E-state index contributed by atoms with van der Waals surface area (Å²) in [6, 6.07) is 5.98. The maximum atomic E-state index is 12.1. The van der Waals surface area contributed by atoms with E-state index in [0.29, 0.717) is 12.1 Å². The molecule has 1 saturated heterocycles. The van der Waals surface area contributed by atoms with E-state index in [1.165, 1.54) is 26.2 Å². The first-order valence-corrected chi connectivity index (χ1v) is 10.4. The molecule has 1 atom stereocenters. The van der Waals surface area contributed by atoms with Crippen molar-refractivity contribution < 1.29 is 21.6 Å².